The molecule has 1 aromatic carbocycles. The molecule has 146 valence electrons. The number of imidazole rings is 1. The summed E-state index contributed by atoms with van der Waals surface area (Å²) in [5.41, 5.74) is 2.21. The lowest BCUT2D eigenvalue weighted by molar-refractivity contribution is -0.125. The Hall–Kier alpha value is -2.45. The molecule has 0 aliphatic carbocycles. The molecule has 8 nitrogen and oxygen atoms in total. The van der Waals surface area contributed by atoms with Gasteiger partial charge in [0, 0.05) is 19.1 Å². The van der Waals surface area contributed by atoms with Crippen molar-refractivity contribution in [2.75, 3.05) is 26.3 Å². The van der Waals surface area contributed by atoms with Gasteiger partial charge in [-0.05, 0) is 26.0 Å². The van der Waals surface area contributed by atoms with Crippen molar-refractivity contribution in [3.8, 4) is 0 Å². The molecule has 2 saturated heterocycles. The number of aromatic nitrogens is 2. The molecule has 4 rings (SSSR count). The smallest absolute Gasteiger partial charge is 0.290 e. The van der Waals surface area contributed by atoms with Gasteiger partial charge in [-0.2, -0.15) is 0 Å². The van der Waals surface area contributed by atoms with Crippen LogP contribution in [0.3, 0.4) is 0 Å². The number of carbonyl (C=O) groups is 2. The molecule has 8 heteroatoms. The topological polar surface area (TPSA) is 96.7 Å². The van der Waals surface area contributed by atoms with Crippen LogP contribution in [0.15, 0.2) is 24.3 Å². The number of fused-ring (bicyclic) bond motifs is 4. The van der Waals surface area contributed by atoms with Crippen molar-refractivity contribution >= 4 is 23.4 Å². The Kier molecular flexibility index (Phi) is 6.08. The summed E-state index contributed by atoms with van der Waals surface area (Å²) in [4.78, 5) is 27.7. The highest BCUT2D eigenvalue weighted by Gasteiger charge is 2.33. The third kappa shape index (κ3) is 4.28. The van der Waals surface area contributed by atoms with E-state index in [1.807, 2.05) is 6.07 Å². The number of rotatable bonds is 3. The second kappa shape index (κ2) is 8.49. The fraction of sp³-hybridized carbons (Fsp3) is 0.526. The van der Waals surface area contributed by atoms with E-state index in [2.05, 4.69) is 46.8 Å². The molecule has 1 aromatic heterocycles. The van der Waals surface area contributed by atoms with Crippen LogP contribution in [-0.4, -0.2) is 64.3 Å². The van der Waals surface area contributed by atoms with Crippen molar-refractivity contribution in [1.82, 2.24) is 19.8 Å². The van der Waals surface area contributed by atoms with E-state index in [1.165, 1.54) is 5.52 Å². The minimum Gasteiger partial charge on any atom is -0.483 e. The summed E-state index contributed by atoms with van der Waals surface area (Å²) in [6.45, 7) is 7.53. The first-order valence-electron chi connectivity index (χ1n) is 9.17. The molecule has 0 spiro atoms. The summed E-state index contributed by atoms with van der Waals surface area (Å²) >= 11 is 0. The maximum atomic E-state index is 12.2. The highest BCUT2D eigenvalue weighted by molar-refractivity contribution is 5.80. The van der Waals surface area contributed by atoms with E-state index in [1.54, 1.807) is 0 Å². The first-order chi connectivity index (χ1) is 13.0. The molecule has 2 bridgehead atoms. The number of para-hydroxylation sites is 2. The van der Waals surface area contributed by atoms with E-state index < -0.39 is 0 Å². The Labute approximate surface area is 158 Å². The van der Waals surface area contributed by atoms with Crippen LogP contribution in [-0.2, 0) is 20.9 Å². The summed E-state index contributed by atoms with van der Waals surface area (Å²) in [5.74, 6) is 1.10. The van der Waals surface area contributed by atoms with Gasteiger partial charge in [0.15, 0.2) is 0 Å². The van der Waals surface area contributed by atoms with Crippen molar-refractivity contribution in [2.24, 2.45) is 5.92 Å². The summed E-state index contributed by atoms with van der Waals surface area (Å²) in [6.07, 6.45) is 0. The second-order valence-corrected chi connectivity index (χ2v) is 7.22. The number of nitrogens with one attached hydrogen (secondary N) is 1. The van der Waals surface area contributed by atoms with Crippen LogP contribution in [0.25, 0.3) is 11.0 Å². The molecule has 0 saturated carbocycles. The fourth-order valence-electron chi connectivity index (χ4n) is 3.83. The Morgan fingerprint density at radius 3 is 2.81 bits per heavy atom. The zero-order chi connectivity index (χ0) is 19.4. The van der Waals surface area contributed by atoms with Crippen molar-refractivity contribution in [2.45, 2.75) is 32.5 Å². The summed E-state index contributed by atoms with van der Waals surface area (Å²) in [5, 5.41) is 9.98. The van der Waals surface area contributed by atoms with Crippen molar-refractivity contribution < 1.29 is 19.4 Å². The number of carbonyl (C=O) groups excluding carboxylic acids is 1. The van der Waals surface area contributed by atoms with Crippen LogP contribution >= 0.6 is 0 Å². The molecule has 2 N–H and O–H groups in total. The maximum Gasteiger partial charge on any atom is 0.290 e. The second-order valence-electron chi connectivity index (χ2n) is 7.22. The summed E-state index contributed by atoms with van der Waals surface area (Å²) in [7, 11) is 0. The van der Waals surface area contributed by atoms with E-state index in [0.29, 0.717) is 19.3 Å². The predicted octanol–water partition coefficient (Wildman–Crippen LogP) is 1.26. The number of amides is 1. The average Bonchev–Trinajstić information content (AvgIpc) is 2.78. The van der Waals surface area contributed by atoms with E-state index in [4.69, 9.17) is 19.6 Å². The van der Waals surface area contributed by atoms with E-state index in [9.17, 15) is 4.79 Å². The Morgan fingerprint density at radius 2 is 2.07 bits per heavy atom. The molecule has 2 fully saturated rings. The first-order valence-corrected chi connectivity index (χ1v) is 9.17. The van der Waals surface area contributed by atoms with Gasteiger partial charge in [0.05, 0.1) is 42.8 Å². The Bertz CT molecular complexity index is 804. The number of nitrogens with zero attached hydrogens (tertiary/aromatic N) is 3. The van der Waals surface area contributed by atoms with Gasteiger partial charge in [0.1, 0.15) is 5.82 Å². The summed E-state index contributed by atoms with van der Waals surface area (Å²) in [6, 6.07) is 8.70. The van der Waals surface area contributed by atoms with Crippen LogP contribution < -0.4 is 5.32 Å². The van der Waals surface area contributed by atoms with Crippen molar-refractivity contribution in [3.63, 3.8) is 0 Å². The standard InChI is InChI=1S/C18H24N4O2.CH2O2/c1-12(2)22-16-6-4-3-5-15(16)20-17(22)9-21-7-13-10-24-11-14(8-21)19-18(13)23;2-1-3/h3-6,12-14H,7-11H2,1-2H3,(H,19,23);1H,(H,2,3)/t13-,14+;/m1./s1. The number of ether oxygens (including phenoxy) is 1. The third-order valence-corrected chi connectivity index (χ3v) is 4.86. The molecule has 2 aliphatic heterocycles. The van der Waals surface area contributed by atoms with E-state index in [-0.39, 0.29) is 24.3 Å². The largest absolute Gasteiger partial charge is 0.483 e. The summed E-state index contributed by atoms with van der Waals surface area (Å²) < 4.78 is 7.92. The highest BCUT2D eigenvalue weighted by Crippen LogP contribution is 2.23. The van der Waals surface area contributed by atoms with Crippen LogP contribution in [0, 0.1) is 5.92 Å². The molecular weight excluding hydrogens is 348 g/mol. The molecule has 2 atom stereocenters. The first kappa shape index (κ1) is 19.3. The third-order valence-electron chi connectivity index (χ3n) is 4.86. The lowest BCUT2D eigenvalue weighted by Crippen LogP contribution is -2.42. The molecule has 0 radical (unpaired) electrons. The van der Waals surface area contributed by atoms with Gasteiger partial charge in [-0.15, -0.1) is 0 Å². The monoisotopic (exact) mass is 374 g/mol. The molecule has 0 unspecified atom stereocenters. The zero-order valence-corrected chi connectivity index (χ0v) is 15.7. The SMILES string of the molecule is CC(C)n1c(CN2C[C@H]3COC[C@@H](C2)C(=O)N3)nc2ccccc21.O=CO. The van der Waals surface area contributed by atoms with Crippen LogP contribution in [0.5, 0.6) is 0 Å². The van der Waals surface area contributed by atoms with Gasteiger partial charge in [-0.25, -0.2) is 4.98 Å². The van der Waals surface area contributed by atoms with Crippen molar-refractivity contribution in [1.29, 1.82) is 0 Å². The Balaban J connectivity index is 0.000000659. The predicted molar refractivity (Wildman–Crippen MR) is 100 cm³/mol. The number of carboxylic acid groups (broad SMARTS) is 1. The van der Waals surface area contributed by atoms with Gasteiger partial charge >= 0.3 is 0 Å². The van der Waals surface area contributed by atoms with Crippen LogP contribution in [0.2, 0.25) is 0 Å². The number of benzene rings is 1. The molecule has 2 aliphatic rings. The van der Waals surface area contributed by atoms with E-state index in [0.717, 1.165) is 31.0 Å². The molecule has 1 amide bonds. The van der Waals surface area contributed by atoms with E-state index >= 15 is 0 Å². The quantitative estimate of drug-likeness (QED) is 0.786. The molecular formula is C19H26N4O4. The lowest BCUT2D eigenvalue weighted by Gasteiger charge is -2.27. The van der Waals surface area contributed by atoms with Crippen LogP contribution in [0.1, 0.15) is 25.7 Å². The fourth-order valence-corrected chi connectivity index (χ4v) is 3.83. The average molecular weight is 374 g/mol. The van der Waals surface area contributed by atoms with Gasteiger partial charge in [-0.1, -0.05) is 12.1 Å². The normalized spacial score (nSPS) is 22.7. The Morgan fingerprint density at radius 1 is 1.33 bits per heavy atom. The van der Waals surface area contributed by atoms with Gasteiger partial charge < -0.3 is 19.7 Å². The minimum absolute atomic E-state index is 0.0712. The molecule has 2 aromatic rings. The van der Waals surface area contributed by atoms with Gasteiger partial charge in [-0.3, -0.25) is 14.5 Å². The van der Waals surface area contributed by atoms with Gasteiger partial charge in [0.25, 0.3) is 6.47 Å². The maximum absolute atomic E-state index is 12.2. The van der Waals surface area contributed by atoms with Crippen LogP contribution in [0.4, 0.5) is 0 Å². The highest BCUT2D eigenvalue weighted by atomic mass is 16.5. The molecule has 3 heterocycles. The van der Waals surface area contributed by atoms with Crippen molar-refractivity contribution in [3.05, 3.63) is 30.1 Å². The minimum atomic E-state index is -0.250. The zero-order valence-electron chi connectivity index (χ0n) is 15.7. The van der Waals surface area contributed by atoms with Gasteiger partial charge in [0.2, 0.25) is 5.91 Å². The number of hydrogen-bond acceptors (Lipinski definition) is 5. The number of hydrogen-bond donors (Lipinski definition) is 2. The molecule has 27 heavy (non-hydrogen) atoms. The lowest BCUT2D eigenvalue weighted by atomic mass is 10.1.